The molecule has 6 atom stereocenters. The van der Waals surface area contributed by atoms with Crippen molar-refractivity contribution in [2.24, 2.45) is 0 Å². The largest absolute Gasteiger partial charge is 0.395 e. The number of aromatic nitrogens is 9. The number of hydrogen-bond donors (Lipinski definition) is 1. The number of β-amino-alcohol motifs (C(OH)–C–C–N with tert-alkyl or cyclic N) is 1. The monoisotopic (exact) mass is 1330 g/mol. The second-order valence-electron chi connectivity index (χ2n) is 29.1. The molecule has 0 spiro atoms. The number of piperazine rings is 3. The van der Waals surface area contributed by atoms with Crippen molar-refractivity contribution in [1.82, 2.24) is 72.5 Å². The van der Waals surface area contributed by atoms with Gasteiger partial charge in [0.15, 0.2) is 0 Å². The maximum Gasteiger partial charge on any atom is 0.138 e. The van der Waals surface area contributed by atoms with Crippen molar-refractivity contribution in [3.8, 4) is 0 Å². The van der Waals surface area contributed by atoms with Crippen molar-refractivity contribution < 1.29 is 9.84 Å². The molecule has 6 aliphatic heterocycles. The van der Waals surface area contributed by atoms with E-state index in [1.165, 1.54) is 94.0 Å². The number of aliphatic hydroxyl groups excluding tert-OH is 1. The molecule has 1 saturated carbocycles. The number of piperidine rings is 3. The lowest BCUT2D eigenvalue weighted by Gasteiger charge is -2.41. The first kappa shape index (κ1) is 67.8. The summed E-state index contributed by atoms with van der Waals surface area (Å²) in [7, 11) is 11.1. The second kappa shape index (κ2) is 30.2. The Morgan fingerprint density at radius 2 is 0.837 bits per heavy atom. The molecular formula is C78H106N18O2. The Bertz CT molecular complexity index is 4140. The summed E-state index contributed by atoms with van der Waals surface area (Å²) in [5.41, 5.74) is 16.4. The summed E-state index contributed by atoms with van der Waals surface area (Å²) >= 11 is 0. The van der Waals surface area contributed by atoms with E-state index in [-0.39, 0.29) is 24.7 Å². The number of likely N-dealkylation sites (tertiary alicyclic amines) is 3. The van der Waals surface area contributed by atoms with Crippen LogP contribution in [0.3, 0.4) is 0 Å². The number of aryl methyl sites for hydroxylation is 4. The quantitative estimate of drug-likeness (QED) is 0.110. The summed E-state index contributed by atoms with van der Waals surface area (Å²) in [5, 5.41) is 9.89. The number of pyridine rings is 6. The van der Waals surface area contributed by atoms with Crippen LogP contribution in [0.4, 0.5) is 17.5 Å². The number of imidazole rings is 3. The molecule has 20 heteroatoms. The van der Waals surface area contributed by atoms with E-state index in [9.17, 15) is 5.11 Å². The first-order chi connectivity index (χ1) is 47.8. The minimum atomic E-state index is 0.138. The summed E-state index contributed by atoms with van der Waals surface area (Å²) in [6.07, 6.45) is 20.9. The zero-order chi connectivity index (χ0) is 67.6. The lowest BCUT2D eigenvalue weighted by molar-refractivity contribution is 0.0574. The summed E-state index contributed by atoms with van der Waals surface area (Å²) in [6, 6.07) is 33.8. The summed E-state index contributed by atoms with van der Waals surface area (Å²) in [6.45, 7) is 22.9. The zero-order valence-corrected chi connectivity index (χ0v) is 59.8. The highest BCUT2D eigenvalue weighted by Gasteiger charge is 2.39. The Balaban J connectivity index is 0.000000126. The van der Waals surface area contributed by atoms with E-state index in [2.05, 4.69) is 199 Å². The maximum atomic E-state index is 9.89. The van der Waals surface area contributed by atoms with E-state index in [0.29, 0.717) is 37.4 Å². The number of rotatable bonds is 14. The van der Waals surface area contributed by atoms with Crippen LogP contribution < -0.4 is 14.7 Å². The first-order valence-electron chi connectivity index (χ1n) is 36.7. The Morgan fingerprint density at radius 3 is 1.34 bits per heavy atom. The number of fused-ring (bicyclic) bond motifs is 3. The molecule has 98 heavy (non-hydrogen) atoms. The van der Waals surface area contributed by atoms with Crippen molar-refractivity contribution in [3.05, 3.63) is 178 Å². The fraction of sp³-hybridized carbons (Fsp3) is 0.538. The maximum absolute atomic E-state index is 9.89. The van der Waals surface area contributed by atoms with Gasteiger partial charge in [-0.2, -0.15) is 0 Å². The van der Waals surface area contributed by atoms with Gasteiger partial charge >= 0.3 is 0 Å². The molecule has 6 unspecified atom stereocenters. The molecule has 1 aliphatic carbocycles. The molecule has 9 aromatic rings. The number of likely N-dealkylation sites (N-methyl/N-ethyl adjacent to an activating group) is 3. The van der Waals surface area contributed by atoms with Crippen LogP contribution in [0.5, 0.6) is 0 Å². The minimum absolute atomic E-state index is 0.138. The molecule has 7 aliphatic rings. The number of nitrogens with zero attached hydrogens (tertiary/aromatic N) is 18. The molecule has 0 radical (unpaired) electrons. The van der Waals surface area contributed by atoms with Gasteiger partial charge in [-0.1, -0.05) is 36.4 Å². The molecule has 6 saturated heterocycles. The third-order valence-electron chi connectivity index (χ3n) is 22.7. The average Bonchev–Trinajstić information content (AvgIpc) is 1.60. The van der Waals surface area contributed by atoms with Crippen molar-refractivity contribution >= 4 is 34.4 Å². The topological polar surface area (TPSA) is 149 Å². The number of anilines is 3. The van der Waals surface area contributed by atoms with Gasteiger partial charge in [0.1, 0.15) is 34.4 Å². The predicted octanol–water partition coefficient (Wildman–Crippen LogP) is 11.4. The van der Waals surface area contributed by atoms with Crippen LogP contribution in [0.15, 0.2) is 116 Å². The van der Waals surface area contributed by atoms with Gasteiger partial charge in [-0.05, 0) is 205 Å². The minimum Gasteiger partial charge on any atom is -0.395 e. The summed E-state index contributed by atoms with van der Waals surface area (Å²) in [5.74, 6) is 3.74. The van der Waals surface area contributed by atoms with Crippen LogP contribution >= 0.6 is 0 Å². The highest BCUT2D eigenvalue weighted by Crippen LogP contribution is 2.46. The predicted molar refractivity (Wildman–Crippen MR) is 391 cm³/mol. The van der Waals surface area contributed by atoms with Crippen LogP contribution in [0.1, 0.15) is 169 Å². The molecule has 1 N–H and O–H groups in total. The van der Waals surface area contributed by atoms with Crippen molar-refractivity contribution in [2.45, 2.75) is 147 Å². The summed E-state index contributed by atoms with van der Waals surface area (Å²) < 4.78 is 13.4. The van der Waals surface area contributed by atoms with Gasteiger partial charge in [-0.3, -0.25) is 42.9 Å². The van der Waals surface area contributed by atoms with Crippen LogP contribution in [0.2, 0.25) is 0 Å². The normalized spacial score (nSPS) is 23.7. The zero-order valence-electron chi connectivity index (χ0n) is 59.8. The first-order valence-corrected chi connectivity index (χ1v) is 36.7. The van der Waals surface area contributed by atoms with E-state index in [1.807, 2.05) is 36.8 Å². The van der Waals surface area contributed by atoms with Crippen molar-refractivity contribution in [1.29, 1.82) is 0 Å². The molecule has 15 heterocycles. The fourth-order valence-corrected chi connectivity index (χ4v) is 16.8. The van der Waals surface area contributed by atoms with Gasteiger partial charge in [-0.25, -0.2) is 15.0 Å². The second-order valence-corrected chi connectivity index (χ2v) is 29.1. The lowest BCUT2D eigenvalue weighted by atomic mass is 9.90. The van der Waals surface area contributed by atoms with E-state index in [1.54, 1.807) is 0 Å². The SMILES string of the molecule is Cc1cccnc1C1CCCC(c2cn3c(N4CCN(C)CC4)cccc3n2)N1CCO.Cc1cccnc1C1CCCC(c2nc3cccc(N4CCN(C)CC4)n3c2C)N1C.Cc1cccnc1C1CCCC(c2nc3cccc(N4CCN(C)CC4)n3c2COC2CC2)N1C. The van der Waals surface area contributed by atoms with Gasteiger partial charge in [-0.15, -0.1) is 0 Å². The van der Waals surface area contributed by atoms with Gasteiger partial charge in [0.05, 0.1) is 95.4 Å². The molecule has 520 valence electrons. The van der Waals surface area contributed by atoms with Crippen molar-refractivity contribution in [3.63, 3.8) is 0 Å². The van der Waals surface area contributed by atoms with Crippen LogP contribution in [-0.4, -0.2) is 211 Å². The lowest BCUT2D eigenvalue weighted by Crippen LogP contribution is -2.45. The number of aliphatic hydroxyl groups is 1. The standard InChI is InChI=1S/C28H38N6O.C25H34N6O.C25H34N6/c1-20-7-6-14-29-27(20)22-8-4-9-23(32(22)3)28-24(19-35-21-12-13-21)34-25(30-28)10-5-11-26(34)33-17-15-31(2)16-18-33;1-19-6-5-11-26-25(19)22-8-3-7-21(30(22)16-17-32)20-18-31-23(27-20)9-4-10-24(31)29-14-12-28(2)13-15-29;1-18-8-7-13-26-24(18)20-9-5-10-21(29(20)4)25-19(2)31-22(27-25)11-6-12-23(31)30-16-14-28(3)15-17-30/h5-7,10-11,14,21-23H,4,8-9,12-13,15-19H2,1-3H3;4-6,9-11,18,21-22,32H,3,7-8,12-17H2,1-2H3;6-8,11-13,20-21H,5,9-10,14-17H2,1-4H3. The molecule has 20 nitrogen and oxygen atoms in total. The molecule has 7 fully saturated rings. The Kier molecular flexibility index (Phi) is 20.9. The molecule has 0 aromatic carbocycles. The molecule has 0 amide bonds. The van der Waals surface area contributed by atoms with Gasteiger partial charge in [0, 0.05) is 116 Å². The number of hydrogen-bond acceptors (Lipinski definition) is 17. The highest BCUT2D eigenvalue weighted by atomic mass is 16.5. The van der Waals surface area contributed by atoms with E-state index >= 15 is 0 Å². The molecular weight excluding hydrogens is 1220 g/mol. The van der Waals surface area contributed by atoms with Crippen molar-refractivity contribution in [2.75, 3.05) is 142 Å². The van der Waals surface area contributed by atoms with Crippen LogP contribution in [0.25, 0.3) is 16.9 Å². The third kappa shape index (κ3) is 14.2. The van der Waals surface area contributed by atoms with E-state index in [0.717, 1.165) is 152 Å². The number of ether oxygens (including phenoxy) is 1. The average molecular weight is 1330 g/mol. The van der Waals surface area contributed by atoms with Crippen LogP contribution in [-0.2, 0) is 11.3 Å². The van der Waals surface area contributed by atoms with E-state index in [4.69, 9.17) is 34.6 Å². The Morgan fingerprint density at radius 1 is 0.418 bits per heavy atom. The highest BCUT2D eigenvalue weighted by molar-refractivity contribution is 5.58. The van der Waals surface area contributed by atoms with E-state index < -0.39 is 0 Å². The summed E-state index contributed by atoms with van der Waals surface area (Å²) in [4.78, 5) is 51.9. The third-order valence-corrected chi connectivity index (χ3v) is 22.7. The smallest absolute Gasteiger partial charge is 0.138 e. The van der Waals surface area contributed by atoms with Gasteiger partial charge < -0.3 is 39.2 Å². The van der Waals surface area contributed by atoms with Crippen LogP contribution in [0, 0.1) is 27.7 Å². The molecule has 9 aromatic heterocycles. The Labute approximate surface area is 580 Å². The van der Waals surface area contributed by atoms with Gasteiger partial charge in [0.2, 0.25) is 0 Å². The molecule has 16 rings (SSSR count). The van der Waals surface area contributed by atoms with Gasteiger partial charge in [0.25, 0.3) is 0 Å². The Hall–Kier alpha value is -7.40. The fourth-order valence-electron chi connectivity index (χ4n) is 16.8. The molecule has 0 bridgehead atoms.